The maximum absolute atomic E-state index is 7.11. The number of nitrogens with zero attached hydrogens (tertiary/aromatic N) is 1. The van der Waals surface area contributed by atoms with Crippen molar-refractivity contribution in [2.24, 2.45) is 0 Å². The lowest BCUT2D eigenvalue weighted by Gasteiger charge is -2.34. The first-order valence-corrected chi connectivity index (χ1v) is 34.0. The second-order valence-corrected chi connectivity index (χ2v) is 27.5. The maximum atomic E-state index is 7.11. The Balaban J connectivity index is 0.815. The molecular formula is C94H55NO2. The number of fused-ring (bicyclic) bond motifs is 38. The predicted molar refractivity (Wildman–Crippen MR) is 395 cm³/mol. The Morgan fingerprint density at radius 3 is 1.23 bits per heavy atom. The molecule has 0 atom stereocenters. The van der Waals surface area contributed by atoms with Crippen LogP contribution >= 0.6 is 0 Å². The smallest absolute Gasteiger partial charge is 0.143 e. The zero-order valence-electron chi connectivity index (χ0n) is 52.8. The second kappa shape index (κ2) is 18.3. The zero-order valence-corrected chi connectivity index (χ0v) is 52.8. The van der Waals surface area contributed by atoms with Crippen molar-refractivity contribution in [3.63, 3.8) is 0 Å². The zero-order chi connectivity index (χ0) is 63.2. The Bertz CT molecular complexity index is 6290. The van der Waals surface area contributed by atoms with Crippen LogP contribution in [-0.2, 0) is 16.2 Å². The molecule has 15 aromatic carbocycles. The van der Waals surface area contributed by atoms with Gasteiger partial charge < -0.3 is 13.7 Å². The molecule has 0 amide bonds. The van der Waals surface area contributed by atoms with Gasteiger partial charge in [0.1, 0.15) is 22.3 Å². The molecule has 0 aliphatic heterocycles. The first-order valence-electron chi connectivity index (χ1n) is 34.0. The largest absolute Gasteiger partial charge is 0.456 e. The molecule has 3 nitrogen and oxygen atoms in total. The van der Waals surface area contributed by atoms with Gasteiger partial charge >= 0.3 is 0 Å². The third-order valence-electron chi connectivity index (χ3n) is 23.4. The number of para-hydroxylation sites is 3. The molecule has 0 saturated heterocycles. The number of anilines is 3. The summed E-state index contributed by atoms with van der Waals surface area (Å²) in [6, 6.07) is 120. The standard InChI is InChI=1S/C94H55NO2/c1-54-23-5-20-40-83(54)95(57-44-46-65-79(50-57)94(75-38-18-10-30-62(75)63-31-11-19-39-76(63)94)82-51-68(55-24-3-2-4-25-55)91-90(87(65)82)67-33-13-22-42-85(67)97-91)56-43-45-64-69-52-81-70(53-80(69)93(78(64)49-56)73-36-16-8-28-60(73)61-29-9-17-37-74(61)93)88-77(47-48-86-89(88)66-32-12-21-41-84(66)96-86)92(81)71-34-14-6-26-58(71)59-27-7-15-35-72(59)92/h2-53H,1H3. The summed E-state index contributed by atoms with van der Waals surface area (Å²) in [4.78, 5) is 2.57. The summed E-state index contributed by atoms with van der Waals surface area (Å²) in [5.41, 5.74) is 39.0. The van der Waals surface area contributed by atoms with Crippen LogP contribution in [0, 0.1) is 6.92 Å². The van der Waals surface area contributed by atoms with Crippen molar-refractivity contribution in [2.45, 2.75) is 23.2 Å². The van der Waals surface area contributed by atoms with Crippen LogP contribution in [0.2, 0.25) is 0 Å². The van der Waals surface area contributed by atoms with Crippen LogP contribution in [0.4, 0.5) is 17.1 Å². The van der Waals surface area contributed by atoms with Crippen molar-refractivity contribution >= 4 is 60.9 Å². The molecule has 448 valence electrons. The average Bonchev–Trinajstić information content (AvgIpc) is 1.50. The van der Waals surface area contributed by atoms with Gasteiger partial charge in [-0.3, -0.25) is 0 Å². The molecule has 6 aliphatic carbocycles. The highest BCUT2D eigenvalue weighted by atomic mass is 16.3. The maximum Gasteiger partial charge on any atom is 0.143 e. The van der Waals surface area contributed by atoms with Crippen LogP contribution < -0.4 is 4.90 Å². The lowest BCUT2D eigenvalue weighted by molar-refractivity contribution is 0.668. The van der Waals surface area contributed by atoms with E-state index in [1.807, 2.05) is 0 Å². The Kier molecular flexibility index (Phi) is 9.85. The van der Waals surface area contributed by atoms with E-state index in [9.17, 15) is 0 Å². The summed E-state index contributed by atoms with van der Waals surface area (Å²) >= 11 is 0. The molecule has 2 heterocycles. The lowest BCUT2D eigenvalue weighted by Crippen LogP contribution is -2.27. The summed E-state index contributed by atoms with van der Waals surface area (Å²) in [6.45, 7) is 2.27. The number of furan rings is 2. The summed E-state index contributed by atoms with van der Waals surface area (Å²) in [6.07, 6.45) is 0. The number of rotatable bonds is 4. The van der Waals surface area contributed by atoms with Gasteiger partial charge in [-0.15, -0.1) is 0 Å². The molecular weight excluding hydrogens is 1180 g/mol. The molecule has 0 bridgehead atoms. The van der Waals surface area contributed by atoms with Crippen LogP contribution in [0.25, 0.3) is 122 Å². The normalized spacial score (nSPS) is 14.7. The molecule has 0 unspecified atom stereocenters. The van der Waals surface area contributed by atoms with E-state index in [1.165, 1.54) is 144 Å². The molecule has 3 spiro atoms. The van der Waals surface area contributed by atoms with E-state index in [2.05, 4.69) is 327 Å². The van der Waals surface area contributed by atoms with E-state index in [1.54, 1.807) is 0 Å². The van der Waals surface area contributed by atoms with Crippen molar-refractivity contribution in [3.8, 4) is 77.9 Å². The molecule has 2 aromatic heterocycles. The first-order chi connectivity index (χ1) is 48.0. The average molecular weight is 1230 g/mol. The van der Waals surface area contributed by atoms with Gasteiger partial charge in [-0.1, -0.05) is 249 Å². The highest BCUT2D eigenvalue weighted by Crippen LogP contribution is 2.71. The van der Waals surface area contributed by atoms with Crippen molar-refractivity contribution < 1.29 is 8.83 Å². The monoisotopic (exact) mass is 1230 g/mol. The van der Waals surface area contributed by atoms with Crippen molar-refractivity contribution in [1.29, 1.82) is 0 Å². The Hall–Kier alpha value is -12.3. The van der Waals surface area contributed by atoms with Crippen LogP contribution in [0.5, 0.6) is 0 Å². The number of aryl methyl sites for hydroxylation is 1. The summed E-state index contributed by atoms with van der Waals surface area (Å²) in [5.74, 6) is 0. The van der Waals surface area contributed by atoms with Gasteiger partial charge in [0.05, 0.1) is 16.2 Å². The van der Waals surface area contributed by atoms with E-state index in [0.717, 1.165) is 66.7 Å². The summed E-state index contributed by atoms with van der Waals surface area (Å²) in [5, 5.41) is 4.58. The lowest BCUT2D eigenvalue weighted by atomic mass is 9.68. The van der Waals surface area contributed by atoms with Gasteiger partial charge in [-0.2, -0.15) is 0 Å². The van der Waals surface area contributed by atoms with Crippen LogP contribution in [0.1, 0.15) is 72.3 Å². The molecule has 0 saturated carbocycles. The van der Waals surface area contributed by atoms with Crippen LogP contribution in [0.15, 0.2) is 324 Å². The fourth-order valence-corrected chi connectivity index (χ4v) is 19.9. The quantitative estimate of drug-likeness (QED) is 0.176. The first kappa shape index (κ1) is 52.1. The van der Waals surface area contributed by atoms with Gasteiger partial charge in [0, 0.05) is 44.2 Å². The van der Waals surface area contributed by atoms with Gasteiger partial charge in [0.2, 0.25) is 0 Å². The number of hydrogen-bond acceptors (Lipinski definition) is 3. The Labute approximate surface area is 560 Å². The van der Waals surface area contributed by atoms with Gasteiger partial charge in [0.25, 0.3) is 0 Å². The van der Waals surface area contributed by atoms with Crippen LogP contribution in [-0.4, -0.2) is 0 Å². The van der Waals surface area contributed by atoms with E-state index in [4.69, 9.17) is 8.83 Å². The SMILES string of the molecule is Cc1ccccc1N(c1ccc2c(c1)C1(c3ccccc3-c3ccccc31)c1cc3c(cc1-2)C1(c2ccccc2-c2ccccc21)c1ccc2oc4ccccc4c2c1-3)c1ccc2c(c1)C1(c3ccccc3-c3ccccc31)c1cc(-c3ccccc3)c3oc4ccccc4c3c1-2. The van der Waals surface area contributed by atoms with Crippen molar-refractivity contribution in [2.75, 3.05) is 4.90 Å². The molecule has 3 heteroatoms. The molecule has 23 rings (SSSR count). The minimum absolute atomic E-state index is 0.604. The minimum atomic E-state index is -0.704. The van der Waals surface area contributed by atoms with E-state index >= 15 is 0 Å². The third-order valence-corrected chi connectivity index (χ3v) is 23.4. The molecule has 0 fully saturated rings. The second-order valence-electron chi connectivity index (χ2n) is 27.5. The van der Waals surface area contributed by atoms with Crippen molar-refractivity contribution in [3.05, 3.63) is 388 Å². The van der Waals surface area contributed by atoms with E-state index in [0.29, 0.717) is 0 Å². The highest BCUT2D eigenvalue weighted by Gasteiger charge is 2.58. The Morgan fingerprint density at radius 1 is 0.247 bits per heavy atom. The van der Waals surface area contributed by atoms with Crippen LogP contribution in [0.3, 0.4) is 0 Å². The van der Waals surface area contributed by atoms with Gasteiger partial charge in [-0.05, 0) is 218 Å². The topological polar surface area (TPSA) is 29.5 Å². The van der Waals surface area contributed by atoms with E-state index in [-0.39, 0.29) is 0 Å². The van der Waals surface area contributed by atoms with Crippen molar-refractivity contribution in [1.82, 2.24) is 0 Å². The number of hydrogen-bond donors (Lipinski definition) is 0. The minimum Gasteiger partial charge on any atom is -0.456 e. The highest BCUT2D eigenvalue weighted by molar-refractivity contribution is 6.21. The Morgan fingerprint density at radius 2 is 0.649 bits per heavy atom. The number of benzene rings is 15. The molecule has 97 heavy (non-hydrogen) atoms. The predicted octanol–water partition coefficient (Wildman–Crippen LogP) is 24.0. The summed E-state index contributed by atoms with van der Waals surface area (Å²) < 4.78 is 14.0. The fraction of sp³-hybridized carbons (Fsp3) is 0.0426. The fourth-order valence-electron chi connectivity index (χ4n) is 19.9. The van der Waals surface area contributed by atoms with E-state index < -0.39 is 16.2 Å². The molecule has 17 aromatic rings. The third kappa shape index (κ3) is 6.14. The molecule has 0 N–H and O–H groups in total. The van der Waals surface area contributed by atoms with Gasteiger partial charge in [-0.25, -0.2) is 0 Å². The molecule has 0 radical (unpaired) electrons. The molecule has 6 aliphatic rings. The van der Waals surface area contributed by atoms with Gasteiger partial charge in [0.15, 0.2) is 0 Å². The summed E-state index contributed by atoms with van der Waals surface area (Å²) in [7, 11) is 0.